The number of carbonyl (C=O) groups excluding carboxylic acids is 1. The monoisotopic (exact) mass is 363 g/mol. The summed E-state index contributed by atoms with van der Waals surface area (Å²) in [6.45, 7) is 4.30. The van der Waals surface area contributed by atoms with Crippen molar-refractivity contribution in [2.75, 3.05) is 19.8 Å². The number of ether oxygens (including phenoxy) is 2. The van der Waals surface area contributed by atoms with Gasteiger partial charge in [-0.3, -0.25) is 0 Å². The lowest BCUT2D eigenvalue weighted by Crippen LogP contribution is -2.28. The van der Waals surface area contributed by atoms with E-state index in [1.54, 1.807) is 6.92 Å². The van der Waals surface area contributed by atoms with Crippen LogP contribution in [0.4, 0.5) is 0 Å². The molecule has 0 aromatic heterocycles. The molecule has 2 rings (SSSR count). The van der Waals surface area contributed by atoms with Gasteiger partial charge in [0.25, 0.3) is 0 Å². The zero-order chi connectivity index (χ0) is 18.3. The molecular weight excluding hydrogens is 342 g/mol. The highest BCUT2D eigenvalue weighted by Crippen LogP contribution is 2.12. The Bertz CT molecular complexity index is 798. The Balaban J connectivity index is 1.88. The first-order chi connectivity index (χ1) is 11.9. The summed E-state index contributed by atoms with van der Waals surface area (Å²) in [4.78, 5) is 11.6. The number of benzene rings is 2. The van der Waals surface area contributed by atoms with Crippen LogP contribution in [-0.2, 0) is 14.8 Å². The van der Waals surface area contributed by atoms with Crippen molar-refractivity contribution in [2.24, 2.45) is 0 Å². The Kier molecular flexibility index (Phi) is 6.55. The molecule has 0 spiro atoms. The number of hydrogen-bond donors (Lipinski definition) is 1. The van der Waals surface area contributed by atoms with Crippen LogP contribution in [-0.4, -0.2) is 34.1 Å². The normalized spacial score (nSPS) is 11.1. The summed E-state index contributed by atoms with van der Waals surface area (Å²) in [5.41, 5.74) is 1.43. The van der Waals surface area contributed by atoms with Crippen molar-refractivity contribution in [3.05, 3.63) is 59.7 Å². The lowest BCUT2D eigenvalue weighted by Gasteiger charge is -2.09. The highest BCUT2D eigenvalue weighted by atomic mass is 32.2. The third-order valence-electron chi connectivity index (χ3n) is 3.36. The molecule has 0 saturated heterocycles. The predicted molar refractivity (Wildman–Crippen MR) is 94.3 cm³/mol. The van der Waals surface area contributed by atoms with E-state index in [0.29, 0.717) is 11.3 Å². The van der Waals surface area contributed by atoms with Crippen LogP contribution >= 0.6 is 0 Å². The highest BCUT2D eigenvalue weighted by Gasteiger charge is 2.15. The first-order valence-electron chi connectivity index (χ1n) is 7.88. The summed E-state index contributed by atoms with van der Waals surface area (Å²) in [5.74, 6) is 0.203. The predicted octanol–water partition coefficient (Wildman–Crippen LogP) is 2.53. The summed E-state index contributed by atoms with van der Waals surface area (Å²) in [6, 6.07) is 13.1. The second-order valence-corrected chi connectivity index (χ2v) is 7.07. The van der Waals surface area contributed by atoms with E-state index in [-0.39, 0.29) is 24.7 Å². The van der Waals surface area contributed by atoms with Gasteiger partial charge in [0, 0.05) is 6.54 Å². The number of sulfonamides is 1. The highest BCUT2D eigenvalue weighted by molar-refractivity contribution is 7.89. The van der Waals surface area contributed by atoms with Crippen molar-refractivity contribution in [1.29, 1.82) is 0 Å². The Labute approximate surface area is 147 Å². The van der Waals surface area contributed by atoms with Gasteiger partial charge in [0.15, 0.2) is 0 Å². The van der Waals surface area contributed by atoms with Crippen molar-refractivity contribution in [1.82, 2.24) is 4.72 Å². The molecule has 0 aliphatic rings. The average Bonchev–Trinajstić information content (AvgIpc) is 2.60. The molecule has 0 atom stereocenters. The first-order valence-corrected chi connectivity index (χ1v) is 9.37. The molecule has 0 aliphatic carbocycles. The molecule has 0 fully saturated rings. The van der Waals surface area contributed by atoms with E-state index in [0.717, 1.165) is 5.56 Å². The van der Waals surface area contributed by atoms with E-state index in [9.17, 15) is 13.2 Å². The topological polar surface area (TPSA) is 81.7 Å². The molecule has 0 heterocycles. The molecule has 0 amide bonds. The Hall–Kier alpha value is -2.38. The van der Waals surface area contributed by atoms with Crippen LogP contribution in [0, 0.1) is 6.92 Å². The molecule has 25 heavy (non-hydrogen) atoms. The van der Waals surface area contributed by atoms with E-state index in [4.69, 9.17) is 9.47 Å². The molecule has 7 heteroatoms. The molecule has 2 aromatic carbocycles. The number of nitrogens with one attached hydrogen (secondary N) is 1. The number of rotatable bonds is 8. The van der Waals surface area contributed by atoms with Crippen molar-refractivity contribution in [2.45, 2.75) is 18.7 Å². The molecule has 0 radical (unpaired) electrons. The molecule has 2 aromatic rings. The second-order valence-electron chi connectivity index (χ2n) is 5.30. The molecule has 134 valence electrons. The Morgan fingerprint density at radius 2 is 1.68 bits per heavy atom. The zero-order valence-corrected chi connectivity index (χ0v) is 15.0. The van der Waals surface area contributed by atoms with Gasteiger partial charge < -0.3 is 9.47 Å². The van der Waals surface area contributed by atoms with Crippen molar-refractivity contribution >= 4 is 16.0 Å². The average molecular weight is 363 g/mol. The minimum Gasteiger partial charge on any atom is -0.492 e. The van der Waals surface area contributed by atoms with Crippen LogP contribution < -0.4 is 9.46 Å². The SMILES string of the molecule is CCOC(=O)c1ccc(S(=O)(=O)NCCOc2ccc(C)cc2)cc1. The smallest absolute Gasteiger partial charge is 0.338 e. The van der Waals surface area contributed by atoms with Gasteiger partial charge >= 0.3 is 5.97 Å². The fourth-order valence-corrected chi connectivity index (χ4v) is 3.06. The van der Waals surface area contributed by atoms with Gasteiger partial charge in [-0.2, -0.15) is 0 Å². The minimum atomic E-state index is -3.66. The van der Waals surface area contributed by atoms with Crippen LogP contribution in [0.5, 0.6) is 5.75 Å². The van der Waals surface area contributed by atoms with E-state index < -0.39 is 16.0 Å². The maximum atomic E-state index is 12.2. The molecule has 0 bridgehead atoms. The Morgan fingerprint density at radius 1 is 1.04 bits per heavy atom. The quantitative estimate of drug-likeness (QED) is 0.576. The third kappa shape index (κ3) is 5.58. The lowest BCUT2D eigenvalue weighted by atomic mass is 10.2. The maximum absolute atomic E-state index is 12.2. The van der Waals surface area contributed by atoms with Crippen LogP contribution in [0.2, 0.25) is 0 Å². The number of hydrogen-bond acceptors (Lipinski definition) is 5. The van der Waals surface area contributed by atoms with Gasteiger partial charge in [-0.15, -0.1) is 0 Å². The van der Waals surface area contributed by atoms with Gasteiger partial charge in [-0.25, -0.2) is 17.9 Å². The molecule has 1 N–H and O–H groups in total. The molecule has 0 aliphatic heterocycles. The fraction of sp³-hybridized carbons (Fsp3) is 0.278. The van der Waals surface area contributed by atoms with Crippen molar-refractivity contribution in [3.8, 4) is 5.75 Å². The van der Waals surface area contributed by atoms with Crippen molar-refractivity contribution < 1.29 is 22.7 Å². The molecule has 0 saturated carbocycles. The van der Waals surface area contributed by atoms with Gasteiger partial charge in [0.1, 0.15) is 12.4 Å². The molecule has 6 nitrogen and oxygen atoms in total. The number of esters is 1. The van der Waals surface area contributed by atoms with E-state index in [1.807, 2.05) is 31.2 Å². The van der Waals surface area contributed by atoms with Crippen LogP contribution in [0.3, 0.4) is 0 Å². The largest absolute Gasteiger partial charge is 0.492 e. The lowest BCUT2D eigenvalue weighted by molar-refractivity contribution is 0.0526. The summed E-state index contributed by atoms with van der Waals surface area (Å²) in [7, 11) is -3.66. The van der Waals surface area contributed by atoms with Gasteiger partial charge in [0.2, 0.25) is 10.0 Å². The van der Waals surface area contributed by atoms with E-state index in [1.165, 1.54) is 24.3 Å². The molecule has 0 unspecified atom stereocenters. The van der Waals surface area contributed by atoms with Gasteiger partial charge in [0.05, 0.1) is 17.1 Å². The van der Waals surface area contributed by atoms with E-state index in [2.05, 4.69) is 4.72 Å². The summed E-state index contributed by atoms with van der Waals surface area (Å²) in [5, 5.41) is 0. The van der Waals surface area contributed by atoms with Crippen LogP contribution in [0.15, 0.2) is 53.4 Å². The maximum Gasteiger partial charge on any atom is 0.338 e. The first kappa shape index (κ1) is 19.0. The second kappa shape index (κ2) is 8.64. The number of carbonyl (C=O) groups is 1. The summed E-state index contributed by atoms with van der Waals surface area (Å²) >= 11 is 0. The summed E-state index contributed by atoms with van der Waals surface area (Å²) < 4.78 is 37.2. The van der Waals surface area contributed by atoms with Gasteiger partial charge in [-0.1, -0.05) is 17.7 Å². The molecular formula is C18H21NO5S. The van der Waals surface area contributed by atoms with Crippen molar-refractivity contribution in [3.63, 3.8) is 0 Å². The fourth-order valence-electron chi connectivity index (χ4n) is 2.05. The third-order valence-corrected chi connectivity index (χ3v) is 4.84. The van der Waals surface area contributed by atoms with E-state index >= 15 is 0 Å². The van der Waals surface area contributed by atoms with Gasteiger partial charge in [-0.05, 0) is 50.2 Å². The Morgan fingerprint density at radius 3 is 2.28 bits per heavy atom. The van der Waals surface area contributed by atoms with Crippen LogP contribution in [0.25, 0.3) is 0 Å². The summed E-state index contributed by atoms with van der Waals surface area (Å²) in [6.07, 6.45) is 0. The standard InChI is InChI=1S/C18H21NO5S/c1-3-23-18(20)15-6-10-17(11-7-15)25(21,22)19-12-13-24-16-8-4-14(2)5-9-16/h4-11,19H,3,12-13H2,1-2H3. The number of aryl methyl sites for hydroxylation is 1. The minimum absolute atomic E-state index is 0.0795. The zero-order valence-electron chi connectivity index (χ0n) is 14.2. The van der Waals surface area contributed by atoms with Crippen LogP contribution in [0.1, 0.15) is 22.8 Å².